The van der Waals surface area contributed by atoms with E-state index in [1.54, 1.807) is 0 Å². The Balaban J connectivity index is 2.23. The average Bonchev–Trinajstić information content (AvgIpc) is 2.64. The monoisotopic (exact) mass is 233 g/mol. The maximum atomic E-state index is 11.6. The number of imidazole rings is 1. The third kappa shape index (κ3) is 2.45. The second-order valence-corrected chi connectivity index (χ2v) is 3.81. The van der Waals surface area contributed by atoms with Gasteiger partial charge in [-0.2, -0.15) is 0 Å². The number of aromatic nitrogens is 2. The van der Waals surface area contributed by atoms with Crippen molar-refractivity contribution in [1.29, 1.82) is 0 Å². The minimum absolute atomic E-state index is 0.0462. The van der Waals surface area contributed by atoms with Crippen LogP contribution in [0, 0.1) is 6.92 Å². The van der Waals surface area contributed by atoms with Gasteiger partial charge >= 0.3 is 0 Å². The van der Waals surface area contributed by atoms with Crippen molar-refractivity contribution in [3.8, 4) is 0 Å². The Morgan fingerprint density at radius 3 is 3.00 bits per heavy atom. The van der Waals surface area contributed by atoms with Gasteiger partial charge in [0, 0.05) is 6.54 Å². The zero-order valence-electron chi connectivity index (χ0n) is 9.68. The molecule has 5 nitrogen and oxygen atoms in total. The molecular formula is C12H15N3O2. The lowest BCUT2D eigenvalue weighted by Gasteiger charge is -2.07. The van der Waals surface area contributed by atoms with E-state index in [0.29, 0.717) is 0 Å². The first-order valence-electron chi connectivity index (χ1n) is 5.52. The number of rotatable bonds is 4. The average molecular weight is 233 g/mol. The van der Waals surface area contributed by atoms with E-state index in [9.17, 15) is 4.79 Å². The lowest BCUT2D eigenvalue weighted by molar-refractivity contribution is -0.121. The van der Waals surface area contributed by atoms with E-state index < -0.39 is 0 Å². The third-order valence-electron chi connectivity index (χ3n) is 2.58. The second-order valence-electron chi connectivity index (χ2n) is 3.81. The van der Waals surface area contributed by atoms with Crippen LogP contribution in [0.2, 0.25) is 0 Å². The first kappa shape index (κ1) is 11.6. The van der Waals surface area contributed by atoms with Crippen molar-refractivity contribution < 1.29 is 9.90 Å². The first-order chi connectivity index (χ1) is 8.22. The summed E-state index contributed by atoms with van der Waals surface area (Å²) < 4.78 is 1.86. The molecule has 2 aromatic rings. The third-order valence-corrected chi connectivity index (χ3v) is 2.58. The van der Waals surface area contributed by atoms with Crippen molar-refractivity contribution in [2.24, 2.45) is 0 Å². The summed E-state index contributed by atoms with van der Waals surface area (Å²) in [5.74, 6) is 0.690. The van der Waals surface area contributed by atoms with Gasteiger partial charge in [-0.25, -0.2) is 4.98 Å². The molecule has 0 aliphatic rings. The van der Waals surface area contributed by atoms with Crippen molar-refractivity contribution in [2.45, 2.75) is 13.5 Å². The Bertz CT molecular complexity index is 534. The van der Waals surface area contributed by atoms with Crippen molar-refractivity contribution in [3.05, 3.63) is 30.1 Å². The van der Waals surface area contributed by atoms with Crippen molar-refractivity contribution in [3.63, 3.8) is 0 Å². The largest absolute Gasteiger partial charge is 0.395 e. The van der Waals surface area contributed by atoms with Crippen LogP contribution in [0.3, 0.4) is 0 Å². The van der Waals surface area contributed by atoms with Gasteiger partial charge in [-0.15, -0.1) is 0 Å². The van der Waals surface area contributed by atoms with E-state index in [0.717, 1.165) is 16.9 Å². The van der Waals surface area contributed by atoms with Gasteiger partial charge in [0.1, 0.15) is 12.4 Å². The van der Waals surface area contributed by atoms with Crippen LogP contribution < -0.4 is 5.32 Å². The fourth-order valence-corrected chi connectivity index (χ4v) is 1.79. The van der Waals surface area contributed by atoms with E-state index in [4.69, 9.17) is 5.11 Å². The maximum absolute atomic E-state index is 11.6. The zero-order chi connectivity index (χ0) is 12.3. The summed E-state index contributed by atoms with van der Waals surface area (Å²) in [6, 6.07) is 7.70. The Labute approximate surface area is 99.1 Å². The number of hydrogen-bond donors (Lipinski definition) is 2. The molecule has 1 amide bonds. The van der Waals surface area contributed by atoms with Crippen LogP contribution in [0.5, 0.6) is 0 Å². The Morgan fingerprint density at radius 1 is 1.47 bits per heavy atom. The van der Waals surface area contributed by atoms with Gasteiger partial charge in [-0.3, -0.25) is 4.79 Å². The number of nitrogens with zero attached hydrogens (tertiary/aromatic N) is 2. The minimum Gasteiger partial charge on any atom is -0.395 e. The van der Waals surface area contributed by atoms with Crippen LogP contribution in [-0.4, -0.2) is 33.7 Å². The highest BCUT2D eigenvalue weighted by atomic mass is 16.3. The fourth-order valence-electron chi connectivity index (χ4n) is 1.79. The molecule has 0 atom stereocenters. The Kier molecular flexibility index (Phi) is 3.39. The molecule has 0 saturated heterocycles. The predicted molar refractivity (Wildman–Crippen MR) is 64.6 cm³/mol. The number of hydrogen-bond acceptors (Lipinski definition) is 3. The predicted octanol–water partition coefficient (Wildman–Crippen LogP) is 0.453. The molecule has 0 unspecified atom stereocenters. The van der Waals surface area contributed by atoms with E-state index >= 15 is 0 Å². The number of amides is 1. The summed E-state index contributed by atoms with van der Waals surface area (Å²) in [6.45, 7) is 2.34. The highest BCUT2D eigenvalue weighted by Gasteiger charge is 2.09. The molecule has 0 radical (unpaired) electrons. The summed E-state index contributed by atoms with van der Waals surface area (Å²) in [4.78, 5) is 16.0. The number of aliphatic hydroxyl groups excluding tert-OH is 1. The van der Waals surface area contributed by atoms with Gasteiger partial charge in [-0.1, -0.05) is 12.1 Å². The first-order valence-corrected chi connectivity index (χ1v) is 5.52. The Hall–Kier alpha value is -1.88. The van der Waals surface area contributed by atoms with Crippen molar-refractivity contribution >= 4 is 16.9 Å². The summed E-state index contributed by atoms with van der Waals surface area (Å²) >= 11 is 0. The zero-order valence-corrected chi connectivity index (χ0v) is 9.68. The molecule has 1 heterocycles. The number of benzene rings is 1. The van der Waals surface area contributed by atoms with E-state index in [1.165, 1.54) is 0 Å². The van der Waals surface area contributed by atoms with Crippen molar-refractivity contribution in [2.75, 3.05) is 13.2 Å². The fraction of sp³-hybridized carbons (Fsp3) is 0.333. The maximum Gasteiger partial charge on any atom is 0.240 e. The molecular weight excluding hydrogens is 218 g/mol. The second kappa shape index (κ2) is 4.97. The molecule has 17 heavy (non-hydrogen) atoms. The number of nitrogens with one attached hydrogen (secondary N) is 1. The molecule has 1 aromatic carbocycles. The van der Waals surface area contributed by atoms with Crippen LogP contribution in [0.4, 0.5) is 0 Å². The molecule has 5 heteroatoms. The molecule has 90 valence electrons. The van der Waals surface area contributed by atoms with E-state index in [1.807, 2.05) is 35.8 Å². The lowest BCUT2D eigenvalue weighted by Crippen LogP contribution is -2.30. The molecule has 1 aromatic heterocycles. The van der Waals surface area contributed by atoms with E-state index in [2.05, 4.69) is 10.3 Å². The van der Waals surface area contributed by atoms with Gasteiger partial charge in [0.25, 0.3) is 0 Å². The number of aliphatic hydroxyl groups is 1. The number of aryl methyl sites for hydroxylation is 1. The summed E-state index contributed by atoms with van der Waals surface area (Å²) in [5, 5.41) is 11.3. The van der Waals surface area contributed by atoms with E-state index in [-0.39, 0.29) is 25.6 Å². The van der Waals surface area contributed by atoms with Crippen LogP contribution in [-0.2, 0) is 11.3 Å². The standard InChI is InChI=1S/C12H15N3O2/c1-9-14-10-4-2-3-5-11(10)15(9)8-12(17)13-6-7-16/h2-5,16H,6-8H2,1H3,(H,13,17). The molecule has 2 rings (SSSR count). The van der Waals surface area contributed by atoms with Gasteiger partial charge in [0.05, 0.1) is 17.6 Å². The molecule has 0 aliphatic carbocycles. The minimum atomic E-state index is -0.120. The molecule has 0 spiro atoms. The Morgan fingerprint density at radius 2 is 2.24 bits per heavy atom. The van der Waals surface area contributed by atoms with Gasteiger partial charge < -0.3 is 15.0 Å². The van der Waals surface area contributed by atoms with Gasteiger partial charge in [0.15, 0.2) is 0 Å². The smallest absolute Gasteiger partial charge is 0.240 e. The SMILES string of the molecule is Cc1nc2ccccc2n1CC(=O)NCCO. The number of para-hydroxylation sites is 2. The quantitative estimate of drug-likeness (QED) is 0.806. The van der Waals surface area contributed by atoms with Crippen LogP contribution in [0.1, 0.15) is 5.82 Å². The molecule has 2 N–H and O–H groups in total. The normalized spacial score (nSPS) is 10.7. The number of carbonyl (C=O) groups excluding carboxylic acids is 1. The number of carbonyl (C=O) groups is 1. The molecule has 0 fully saturated rings. The van der Waals surface area contributed by atoms with Gasteiger partial charge in [0.2, 0.25) is 5.91 Å². The van der Waals surface area contributed by atoms with Gasteiger partial charge in [-0.05, 0) is 19.1 Å². The lowest BCUT2D eigenvalue weighted by atomic mass is 10.3. The summed E-state index contributed by atoms with van der Waals surface area (Å²) in [5.41, 5.74) is 1.84. The van der Waals surface area contributed by atoms with Crippen LogP contribution in [0.15, 0.2) is 24.3 Å². The molecule has 0 bridgehead atoms. The summed E-state index contributed by atoms with van der Waals surface area (Å²) in [6.07, 6.45) is 0. The molecule has 0 saturated carbocycles. The topological polar surface area (TPSA) is 67.2 Å². The summed E-state index contributed by atoms with van der Waals surface area (Å²) in [7, 11) is 0. The van der Waals surface area contributed by atoms with Crippen molar-refractivity contribution in [1.82, 2.24) is 14.9 Å². The highest BCUT2D eigenvalue weighted by molar-refractivity contribution is 5.81. The number of fused-ring (bicyclic) bond motifs is 1. The highest BCUT2D eigenvalue weighted by Crippen LogP contribution is 2.14. The van der Waals surface area contributed by atoms with Crippen LogP contribution in [0.25, 0.3) is 11.0 Å². The molecule has 0 aliphatic heterocycles. The van der Waals surface area contributed by atoms with Crippen LogP contribution >= 0.6 is 0 Å².